The number of hydrogen-bond acceptors (Lipinski definition) is 4. The van der Waals surface area contributed by atoms with Gasteiger partial charge in [0.1, 0.15) is 5.82 Å². The molecule has 6 nitrogen and oxygen atoms in total. The van der Waals surface area contributed by atoms with Crippen molar-refractivity contribution in [2.75, 3.05) is 13.2 Å². The van der Waals surface area contributed by atoms with Crippen molar-refractivity contribution < 1.29 is 27.8 Å². The Morgan fingerprint density at radius 3 is 2.50 bits per heavy atom. The molecule has 3 N–H and O–H groups in total. The second kappa shape index (κ2) is 5.86. The van der Waals surface area contributed by atoms with Crippen LogP contribution in [0.5, 0.6) is 0 Å². The molecular weight excluding hydrogens is 289 g/mol. The lowest BCUT2D eigenvalue weighted by Gasteiger charge is -2.21. The molecule has 0 aromatic heterocycles. The first-order valence-corrected chi connectivity index (χ1v) is 7.21. The van der Waals surface area contributed by atoms with E-state index >= 15 is 0 Å². The summed E-state index contributed by atoms with van der Waals surface area (Å²) in [5, 5.41) is 17.8. The van der Waals surface area contributed by atoms with Crippen molar-refractivity contribution in [3.8, 4) is 0 Å². The maximum Gasteiger partial charge on any atom is 0.338 e. The van der Waals surface area contributed by atoms with Gasteiger partial charge in [-0.15, -0.1) is 0 Å². The van der Waals surface area contributed by atoms with Crippen molar-refractivity contribution in [2.45, 2.75) is 18.7 Å². The van der Waals surface area contributed by atoms with E-state index in [1.807, 2.05) is 0 Å². The lowest BCUT2D eigenvalue weighted by molar-refractivity contribution is 0.0691. The number of sulfonamides is 1. The Bertz CT molecular complexity index is 612. The quantitative estimate of drug-likeness (QED) is 0.722. The molecule has 112 valence electrons. The highest BCUT2D eigenvalue weighted by atomic mass is 32.2. The van der Waals surface area contributed by atoms with Crippen LogP contribution in [-0.4, -0.2) is 37.8 Å². The highest BCUT2D eigenvalue weighted by Gasteiger charge is 2.23. The van der Waals surface area contributed by atoms with Gasteiger partial charge < -0.3 is 10.2 Å². The zero-order valence-electron chi connectivity index (χ0n) is 11.1. The Hall–Kier alpha value is -1.51. The Balaban J connectivity index is 3.05. The molecule has 0 radical (unpaired) electrons. The minimum Gasteiger partial charge on any atom is -0.478 e. The van der Waals surface area contributed by atoms with Gasteiger partial charge in [-0.05, 0) is 18.2 Å². The zero-order chi connectivity index (χ0) is 15.6. The third-order valence-corrected chi connectivity index (χ3v) is 4.05. The van der Waals surface area contributed by atoms with E-state index in [0.717, 1.165) is 18.2 Å². The van der Waals surface area contributed by atoms with Crippen LogP contribution >= 0.6 is 0 Å². The molecule has 20 heavy (non-hydrogen) atoms. The maximum absolute atomic E-state index is 13.2. The summed E-state index contributed by atoms with van der Waals surface area (Å²) in [5.74, 6) is -2.55. The van der Waals surface area contributed by atoms with E-state index < -0.39 is 32.8 Å². The Morgan fingerprint density at radius 1 is 1.40 bits per heavy atom. The van der Waals surface area contributed by atoms with Gasteiger partial charge >= 0.3 is 5.97 Å². The summed E-state index contributed by atoms with van der Waals surface area (Å²) in [4.78, 5) is 10.4. The summed E-state index contributed by atoms with van der Waals surface area (Å²) in [6.45, 7) is 3.05. The lowest BCUT2D eigenvalue weighted by Crippen LogP contribution is -2.36. The number of carboxylic acids is 1. The number of hydrogen-bond donors (Lipinski definition) is 3. The number of benzene rings is 1. The predicted octanol–water partition coefficient (Wildman–Crippen LogP) is 0.821. The molecule has 0 aliphatic carbocycles. The average molecular weight is 305 g/mol. The third kappa shape index (κ3) is 3.99. The Morgan fingerprint density at radius 2 is 2.00 bits per heavy atom. The van der Waals surface area contributed by atoms with Crippen LogP contribution in [0.15, 0.2) is 23.1 Å². The third-order valence-electron chi connectivity index (χ3n) is 2.65. The molecule has 0 saturated heterocycles. The SMILES string of the molecule is CC(C)(CO)CNS(=O)(=O)c1ccc(F)c(C(=O)O)c1. The number of carboxylic acid groups (broad SMARTS) is 1. The van der Waals surface area contributed by atoms with Crippen molar-refractivity contribution in [3.63, 3.8) is 0 Å². The van der Waals surface area contributed by atoms with Crippen molar-refractivity contribution >= 4 is 16.0 Å². The normalized spacial score (nSPS) is 12.4. The molecule has 0 amide bonds. The molecule has 0 heterocycles. The van der Waals surface area contributed by atoms with Crippen LogP contribution in [-0.2, 0) is 10.0 Å². The first kappa shape index (κ1) is 16.5. The highest BCUT2D eigenvalue weighted by Crippen LogP contribution is 2.17. The van der Waals surface area contributed by atoms with Gasteiger partial charge in [0.15, 0.2) is 0 Å². The fourth-order valence-electron chi connectivity index (χ4n) is 1.27. The molecule has 0 fully saturated rings. The monoisotopic (exact) mass is 305 g/mol. The van der Waals surface area contributed by atoms with Gasteiger partial charge in [-0.2, -0.15) is 0 Å². The van der Waals surface area contributed by atoms with Crippen LogP contribution in [0.25, 0.3) is 0 Å². The second-order valence-corrected chi connectivity index (χ2v) is 6.86. The zero-order valence-corrected chi connectivity index (χ0v) is 11.9. The topological polar surface area (TPSA) is 104 Å². The molecule has 1 rings (SSSR count). The molecule has 0 atom stereocenters. The summed E-state index contributed by atoms with van der Waals surface area (Å²) in [6, 6.07) is 2.53. The summed E-state index contributed by atoms with van der Waals surface area (Å²) < 4.78 is 39.4. The van der Waals surface area contributed by atoms with Crippen LogP contribution < -0.4 is 4.72 Å². The standard InChI is InChI=1S/C12H16FNO5S/c1-12(2,7-15)6-14-20(18,19)8-3-4-10(13)9(5-8)11(16)17/h3-5,14-15H,6-7H2,1-2H3,(H,16,17). The number of carbonyl (C=O) groups is 1. The molecule has 0 aliphatic heterocycles. The fraction of sp³-hybridized carbons (Fsp3) is 0.417. The van der Waals surface area contributed by atoms with E-state index in [1.165, 1.54) is 0 Å². The number of aliphatic hydroxyl groups excluding tert-OH is 1. The highest BCUT2D eigenvalue weighted by molar-refractivity contribution is 7.89. The average Bonchev–Trinajstić information content (AvgIpc) is 2.36. The van der Waals surface area contributed by atoms with E-state index in [4.69, 9.17) is 10.2 Å². The van der Waals surface area contributed by atoms with E-state index in [-0.39, 0.29) is 18.0 Å². The minimum absolute atomic E-state index is 0.0361. The van der Waals surface area contributed by atoms with Crippen molar-refractivity contribution in [1.82, 2.24) is 4.72 Å². The Labute approximate surface area is 116 Å². The maximum atomic E-state index is 13.2. The number of aromatic carboxylic acids is 1. The van der Waals surface area contributed by atoms with Crippen molar-refractivity contribution in [3.05, 3.63) is 29.6 Å². The van der Waals surface area contributed by atoms with E-state index in [2.05, 4.69) is 4.72 Å². The first-order chi connectivity index (χ1) is 9.09. The van der Waals surface area contributed by atoms with E-state index in [1.54, 1.807) is 13.8 Å². The van der Waals surface area contributed by atoms with Crippen LogP contribution in [0, 0.1) is 11.2 Å². The molecule has 0 aliphatic rings. The van der Waals surface area contributed by atoms with Crippen LogP contribution in [0.1, 0.15) is 24.2 Å². The lowest BCUT2D eigenvalue weighted by atomic mass is 9.96. The molecule has 0 unspecified atom stereocenters. The van der Waals surface area contributed by atoms with Gasteiger partial charge in [0.05, 0.1) is 10.5 Å². The van der Waals surface area contributed by atoms with Crippen molar-refractivity contribution in [1.29, 1.82) is 0 Å². The summed E-state index contributed by atoms with van der Waals surface area (Å²) in [5.41, 5.74) is -1.38. The Kier molecular flexibility index (Phi) is 4.85. The van der Waals surface area contributed by atoms with Gasteiger partial charge in [0.25, 0.3) is 0 Å². The summed E-state index contributed by atoms with van der Waals surface area (Å²) in [6.07, 6.45) is 0. The molecule has 8 heteroatoms. The molecule has 1 aromatic carbocycles. The van der Waals surface area contributed by atoms with Crippen LogP contribution in [0.2, 0.25) is 0 Å². The molecule has 0 bridgehead atoms. The molecular formula is C12H16FNO5S. The van der Waals surface area contributed by atoms with E-state index in [9.17, 15) is 17.6 Å². The smallest absolute Gasteiger partial charge is 0.338 e. The summed E-state index contributed by atoms with van der Waals surface area (Å²) >= 11 is 0. The number of halogens is 1. The van der Waals surface area contributed by atoms with Crippen LogP contribution in [0.3, 0.4) is 0 Å². The van der Waals surface area contributed by atoms with Crippen LogP contribution in [0.4, 0.5) is 4.39 Å². The largest absolute Gasteiger partial charge is 0.478 e. The van der Waals surface area contributed by atoms with Gasteiger partial charge in [-0.25, -0.2) is 22.3 Å². The molecule has 0 saturated carbocycles. The number of nitrogens with one attached hydrogen (secondary N) is 1. The molecule has 0 spiro atoms. The first-order valence-electron chi connectivity index (χ1n) is 5.72. The van der Waals surface area contributed by atoms with Gasteiger partial charge in [0.2, 0.25) is 10.0 Å². The predicted molar refractivity (Wildman–Crippen MR) is 69.4 cm³/mol. The van der Waals surface area contributed by atoms with Crippen molar-refractivity contribution in [2.24, 2.45) is 5.41 Å². The number of aliphatic hydroxyl groups is 1. The summed E-state index contributed by atoms with van der Waals surface area (Å²) in [7, 11) is -3.97. The van der Waals surface area contributed by atoms with Gasteiger partial charge in [-0.1, -0.05) is 13.8 Å². The second-order valence-electron chi connectivity index (χ2n) is 5.09. The van der Waals surface area contributed by atoms with E-state index in [0.29, 0.717) is 0 Å². The number of rotatable bonds is 6. The van der Waals surface area contributed by atoms with Gasteiger partial charge in [0, 0.05) is 18.6 Å². The fourth-order valence-corrected chi connectivity index (χ4v) is 2.53. The minimum atomic E-state index is -3.97. The van der Waals surface area contributed by atoms with Gasteiger partial charge in [-0.3, -0.25) is 0 Å². The molecule has 1 aromatic rings.